The maximum absolute atomic E-state index is 11.7. The van der Waals surface area contributed by atoms with Crippen LogP contribution in [0.1, 0.15) is 23.7 Å². The molecule has 0 saturated carbocycles. The van der Waals surface area contributed by atoms with Gasteiger partial charge in [0.15, 0.2) is 0 Å². The van der Waals surface area contributed by atoms with Crippen molar-refractivity contribution in [3.63, 3.8) is 0 Å². The number of amides is 1. The molecule has 2 rings (SSSR count). The van der Waals surface area contributed by atoms with Gasteiger partial charge in [-0.2, -0.15) is 0 Å². The SMILES string of the molecule is CCOC(=O)c1cnc(N2CC(N)CC2=O)[nH]c1=O. The van der Waals surface area contributed by atoms with Crippen molar-refractivity contribution in [2.24, 2.45) is 5.73 Å². The Bertz CT molecular complexity index is 568. The number of aromatic nitrogens is 2. The van der Waals surface area contributed by atoms with Gasteiger partial charge in [0, 0.05) is 19.0 Å². The molecule has 1 aliphatic rings. The van der Waals surface area contributed by atoms with Crippen LogP contribution in [0.2, 0.25) is 0 Å². The summed E-state index contributed by atoms with van der Waals surface area (Å²) in [6, 6.07) is -0.275. The van der Waals surface area contributed by atoms with E-state index in [1.165, 1.54) is 4.90 Å². The number of aromatic amines is 1. The van der Waals surface area contributed by atoms with Gasteiger partial charge in [-0.05, 0) is 6.92 Å². The molecule has 1 amide bonds. The fourth-order valence-corrected chi connectivity index (χ4v) is 1.82. The molecule has 0 spiro atoms. The van der Waals surface area contributed by atoms with Gasteiger partial charge in [-0.25, -0.2) is 9.78 Å². The third-order valence-electron chi connectivity index (χ3n) is 2.69. The van der Waals surface area contributed by atoms with Gasteiger partial charge in [0.1, 0.15) is 5.56 Å². The summed E-state index contributed by atoms with van der Waals surface area (Å²) in [6.07, 6.45) is 1.31. The van der Waals surface area contributed by atoms with Crippen molar-refractivity contribution >= 4 is 17.8 Å². The van der Waals surface area contributed by atoms with Crippen molar-refractivity contribution < 1.29 is 14.3 Å². The van der Waals surface area contributed by atoms with Crippen LogP contribution in [-0.4, -0.2) is 41.0 Å². The van der Waals surface area contributed by atoms with Crippen LogP contribution >= 0.6 is 0 Å². The van der Waals surface area contributed by atoms with E-state index in [4.69, 9.17) is 10.5 Å². The van der Waals surface area contributed by atoms with Crippen molar-refractivity contribution in [1.29, 1.82) is 0 Å². The van der Waals surface area contributed by atoms with E-state index in [-0.39, 0.29) is 36.5 Å². The minimum Gasteiger partial charge on any atom is -0.462 e. The van der Waals surface area contributed by atoms with Crippen LogP contribution in [0.15, 0.2) is 11.0 Å². The molecule has 19 heavy (non-hydrogen) atoms. The standard InChI is InChI=1S/C11H14N4O4/c1-2-19-10(18)7-4-13-11(14-9(7)17)15-5-6(12)3-8(15)16/h4,6H,2-3,5,12H2,1H3,(H,13,14,17). The number of carbonyl (C=O) groups excluding carboxylic acids is 2. The Balaban J connectivity index is 2.27. The van der Waals surface area contributed by atoms with Crippen LogP contribution in [-0.2, 0) is 9.53 Å². The average molecular weight is 266 g/mol. The molecule has 1 unspecified atom stereocenters. The topological polar surface area (TPSA) is 118 Å². The molecule has 0 radical (unpaired) electrons. The molecule has 1 saturated heterocycles. The molecule has 0 bridgehead atoms. The van der Waals surface area contributed by atoms with Gasteiger partial charge in [0.2, 0.25) is 11.9 Å². The maximum atomic E-state index is 11.7. The number of ether oxygens (including phenoxy) is 1. The second-order valence-corrected chi connectivity index (χ2v) is 4.14. The number of rotatable bonds is 3. The highest BCUT2D eigenvalue weighted by Crippen LogP contribution is 2.14. The minimum atomic E-state index is -0.743. The van der Waals surface area contributed by atoms with Gasteiger partial charge in [0.05, 0.1) is 12.8 Å². The molecule has 1 aromatic heterocycles. The highest BCUT2D eigenvalue weighted by molar-refractivity contribution is 5.95. The van der Waals surface area contributed by atoms with Crippen molar-refractivity contribution in [2.75, 3.05) is 18.1 Å². The van der Waals surface area contributed by atoms with Gasteiger partial charge < -0.3 is 10.5 Å². The first kappa shape index (κ1) is 13.2. The average Bonchev–Trinajstić information content (AvgIpc) is 2.68. The molecule has 0 aromatic carbocycles. The van der Waals surface area contributed by atoms with Crippen LogP contribution in [0.3, 0.4) is 0 Å². The molecule has 1 aliphatic heterocycles. The summed E-state index contributed by atoms with van der Waals surface area (Å²) >= 11 is 0. The fourth-order valence-electron chi connectivity index (χ4n) is 1.82. The summed E-state index contributed by atoms with van der Waals surface area (Å²) in [4.78, 5) is 42.4. The Labute approximate surface area is 108 Å². The lowest BCUT2D eigenvalue weighted by Gasteiger charge is -2.14. The van der Waals surface area contributed by atoms with Crippen molar-refractivity contribution in [3.05, 3.63) is 22.1 Å². The van der Waals surface area contributed by atoms with Crippen molar-refractivity contribution in [2.45, 2.75) is 19.4 Å². The van der Waals surface area contributed by atoms with Gasteiger partial charge in [0.25, 0.3) is 5.56 Å². The predicted octanol–water partition coefficient (Wildman–Crippen LogP) is -0.989. The normalized spacial score (nSPS) is 18.7. The molecule has 1 fully saturated rings. The summed E-state index contributed by atoms with van der Waals surface area (Å²) in [6.45, 7) is 2.10. The number of hydrogen-bond donors (Lipinski definition) is 2. The van der Waals surface area contributed by atoms with E-state index in [0.717, 1.165) is 6.20 Å². The van der Waals surface area contributed by atoms with Crippen molar-refractivity contribution in [1.82, 2.24) is 9.97 Å². The van der Waals surface area contributed by atoms with E-state index in [9.17, 15) is 14.4 Å². The third kappa shape index (κ3) is 2.63. The molecular formula is C11H14N4O4. The molecule has 0 aliphatic carbocycles. The maximum Gasteiger partial charge on any atom is 0.345 e. The monoisotopic (exact) mass is 266 g/mol. The number of nitrogens with one attached hydrogen (secondary N) is 1. The molecule has 2 heterocycles. The van der Waals surface area contributed by atoms with Crippen LogP contribution in [0, 0.1) is 0 Å². The predicted molar refractivity (Wildman–Crippen MR) is 65.8 cm³/mol. The van der Waals surface area contributed by atoms with Crippen LogP contribution < -0.4 is 16.2 Å². The number of nitrogens with zero attached hydrogens (tertiary/aromatic N) is 2. The van der Waals surface area contributed by atoms with Crippen LogP contribution in [0.25, 0.3) is 0 Å². The largest absolute Gasteiger partial charge is 0.462 e. The summed E-state index contributed by atoms with van der Waals surface area (Å²) in [7, 11) is 0. The smallest absolute Gasteiger partial charge is 0.345 e. The van der Waals surface area contributed by atoms with E-state index in [1.807, 2.05) is 0 Å². The van der Waals surface area contributed by atoms with Gasteiger partial charge in [-0.1, -0.05) is 0 Å². The number of hydrogen-bond acceptors (Lipinski definition) is 6. The zero-order chi connectivity index (χ0) is 14.0. The van der Waals surface area contributed by atoms with Gasteiger partial charge in [-0.15, -0.1) is 0 Å². The Hall–Kier alpha value is -2.22. The first-order valence-corrected chi connectivity index (χ1v) is 5.85. The second kappa shape index (κ2) is 5.19. The van der Waals surface area contributed by atoms with E-state index in [0.29, 0.717) is 6.54 Å². The lowest BCUT2D eigenvalue weighted by Crippen LogP contribution is -2.32. The molecule has 102 valence electrons. The van der Waals surface area contributed by atoms with E-state index >= 15 is 0 Å². The lowest BCUT2D eigenvalue weighted by molar-refractivity contribution is -0.117. The fraction of sp³-hybridized carbons (Fsp3) is 0.455. The summed E-state index contributed by atoms with van der Waals surface area (Å²) in [5, 5.41) is 0. The summed E-state index contributed by atoms with van der Waals surface area (Å²) in [5.74, 6) is -0.859. The highest BCUT2D eigenvalue weighted by atomic mass is 16.5. The van der Waals surface area contributed by atoms with Gasteiger partial charge in [-0.3, -0.25) is 19.5 Å². The molecule has 1 aromatic rings. The van der Waals surface area contributed by atoms with E-state index in [1.54, 1.807) is 6.92 Å². The van der Waals surface area contributed by atoms with E-state index < -0.39 is 11.5 Å². The Morgan fingerprint density at radius 1 is 1.63 bits per heavy atom. The van der Waals surface area contributed by atoms with Crippen LogP contribution in [0.5, 0.6) is 0 Å². The summed E-state index contributed by atoms with van der Waals surface area (Å²) < 4.78 is 4.71. The number of nitrogens with two attached hydrogens (primary N) is 1. The molecule has 3 N–H and O–H groups in total. The first-order chi connectivity index (χ1) is 9.02. The Morgan fingerprint density at radius 2 is 2.37 bits per heavy atom. The molecule has 8 heteroatoms. The van der Waals surface area contributed by atoms with Gasteiger partial charge >= 0.3 is 5.97 Å². The highest BCUT2D eigenvalue weighted by Gasteiger charge is 2.30. The van der Waals surface area contributed by atoms with Crippen LogP contribution in [0.4, 0.5) is 5.95 Å². The van der Waals surface area contributed by atoms with E-state index in [2.05, 4.69) is 9.97 Å². The molecular weight excluding hydrogens is 252 g/mol. The lowest BCUT2D eigenvalue weighted by atomic mass is 10.3. The van der Waals surface area contributed by atoms with Crippen molar-refractivity contribution in [3.8, 4) is 0 Å². The number of carbonyl (C=O) groups is 2. The zero-order valence-electron chi connectivity index (χ0n) is 10.4. The number of H-pyrrole nitrogens is 1. The quantitative estimate of drug-likeness (QED) is 0.678. The number of esters is 1. The Morgan fingerprint density at radius 3 is 2.89 bits per heavy atom. The zero-order valence-corrected chi connectivity index (χ0v) is 10.4. The third-order valence-corrected chi connectivity index (χ3v) is 2.69. The summed E-state index contributed by atoms with van der Waals surface area (Å²) in [5.41, 5.74) is 4.82. The minimum absolute atomic E-state index is 0.0935. The second-order valence-electron chi connectivity index (χ2n) is 4.14. The Kier molecular flexibility index (Phi) is 3.61. The molecule has 1 atom stereocenters. The number of anilines is 1. The first-order valence-electron chi connectivity index (χ1n) is 5.85. The molecule has 8 nitrogen and oxygen atoms in total.